The monoisotopic (exact) mass is 263 g/mol. The lowest BCUT2D eigenvalue weighted by molar-refractivity contribution is -0.125. The van der Waals surface area contributed by atoms with E-state index in [-0.39, 0.29) is 5.91 Å². The van der Waals surface area contributed by atoms with Crippen molar-refractivity contribution in [1.29, 1.82) is 0 Å². The number of carbonyl (C=O) groups excluding carboxylic acids is 1. The summed E-state index contributed by atoms with van der Waals surface area (Å²) in [6, 6.07) is 6.15. The molecule has 0 aliphatic carbocycles. The first-order valence-electron chi connectivity index (χ1n) is 5.79. The number of anilines is 1. The van der Waals surface area contributed by atoms with Gasteiger partial charge in [0.05, 0.1) is 15.6 Å². The van der Waals surface area contributed by atoms with Gasteiger partial charge >= 0.3 is 0 Å². The van der Waals surface area contributed by atoms with Crippen molar-refractivity contribution in [3.8, 4) is 0 Å². The summed E-state index contributed by atoms with van der Waals surface area (Å²) < 4.78 is 1.15. The number of aryl methyl sites for hydroxylation is 1. The van der Waals surface area contributed by atoms with Gasteiger partial charge in [-0.2, -0.15) is 0 Å². The van der Waals surface area contributed by atoms with Crippen molar-refractivity contribution in [2.45, 2.75) is 20.8 Å². The summed E-state index contributed by atoms with van der Waals surface area (Å²) in [7, 11) is 0. The Morgan fingerprint density at radius 3 is 2.89 bits per heavy atom. The molecule has 0 aliphatic rings. The van der Waals surface area contributed by atoms with Gasteiger partial charge in [-0.1, -0.05) is 17.4 Å². The van der Waals surface area contributed by atoms with Crippen LogP contribution in [0.4, 0.5) is 5.13 Å². The fraction of sp³-hybridized carbons (Fsp3) is 0.385. The molecule has 2 rings (SSSR count). The van der Waals surface area contributed by atoms with Crippen molar-refractivity contribution < 1.29 is 4.79 Å². The van der Waals surface area contributed by atoms with Gasteiger partial charge in [0.2, 0.25) is 5.91 Å². The Hall–Kier alpha value is -1.62. The number of hydrogen-bond acceptors (Lipinski definition) is 4. The summed E-state index contributed by atoms with van der Waals surface area (Å²) in [6.45, 7) is 6.18. The number of carbonyl (C=O) groups is 1. The first-order valence-corrected chi connectivity index (χ1v) is 6.61. The van der Waals surface area contributed by atoms with E-state index in [0.29, 0.717) is 6.54 Å². The predicted octanol–water partition coefficient (Wildman–Crippen LogP) is 2.53. The maximum Gasteiger partial charge on any atom is 0.224 e. The zero-order chi connectivity index (χ0) is 13.3. The van der Waals surface area contributed by atoms with Crippen LogP contribution in [0.5, 0.6) is 0 Å². The van der Waals surface area contributed by atoms with Crippen LogP contribution in [0.3, 0.4) is 0 Å². The summed E-state index contributed by atoms with van der Waals surface area (Å²) in [5.41, 5.74) is 6.95. The SMILES string of the molecule is Cc1ccc2nc(NCC(C)(C)C(N)=O)sc2c1. The van der Waals surface area contributed by atoms with Crippen molar-refractivity contribution in [3.63, 3.8) is 0 Å². The van der Waals surface area contributed by atoms with Crippen LogP contribution < -0.4 is 11.1 Å². The van der Waals surface area contributed by atoms with E-state index in [4.69, 9.17) is 5.73 Å². The first kappa shape index (κ1) is 12.8. The van der Waals surface area contributed by atoms with E-state index in [0.717, 1.165) is 15.3 Å². The normalized spacial score (nSPS) is 11.7. The highest BCUT2D eigenvalue weighted by atomic mass is 32.1. The number of primary amides is 1. The second-order valence-corrected chi connectivity index (χ2v) is 6.12. The molecule has 1 aromatic heterocycles. The average Bonchev–Trinajstić information content (AvgIpc) is 2.68. The van der Waals surface area contributed by atoms with Crippen molar-refractivity contribution >= 4 is 32.6 Å². The second-order valence-electron chi connectivity index (χ2n) is 5.09. The molecule has 0 saturated carbocycles. The number of aromatic nitrogens is 1. The summed E-state index contributed by atoms with van der Waals surface area (Å²) in [5, 5.41) is 4.01. The number of thiazole rings is 1. The van der Waals surface area contributed by atoms with Gasteiger partial charge in [-0.05, 0) is 38.5 Å². The quantitative estimate of drug-likeness (QED) is 0.890. The minimum Gasteiger partial charge on any atom is -0.369 e. The largest absolute Gasteiger partial charge is 0.369 e. The van der Waals surface area contributed by atoms with Crippen LogP contribution in [-0.2, 0) is 4.79 Å². The molecule has 18 heavy (non-hydrogen) atoms. The Morgan fingerprint density at radius 2 is 2.22 bits per heavy atom. The van der Waals surface area contributed by atoms with Gasteiger partial charge < -0.3 is 11.1 Å². The van der Waals surface area contributed by atoms with E-state index in [9.17, 15) is 4.79 Å². The molecule has 0 fully saturated rings. The standard InChI is InChI=1S/C13H17N3OS/c1-8-4-5-9-10(6-8)18-12(16-9)15-7-13(2,3)11(14)17/h4-6H,7H2,1-3H3,(H2,14,17)(H,15,16). The van der Waals surface area contributed by atoms with Crippen LogP contribution in [0.15, 0.2) is 18.2 Å². The van der Waals surface area contributed by atoms with Gasteiger partial charge in [-0.3, -0.25) is 4.79 Å². The molecule has 0 radical (unpaired) electrons. The molecule has 3 N–H and O–H groups in total. The van der Waals surface area contributed by atoms with Crippen LogP contribution in [0.2, 0.25) is 0 Å². The fourth-order valence-corrected chi connectivity index (χ4v) is 2.45. The molecule has 0 bridgehead atoms. The third-order valence-electron chi connectivity index (χ3n) is 2.89. The Bertz CT molecular complexity index is 589. The molecule has 0 spiro atoms. The van der Waals surface area contributed by atoms with Crippen LogP contribution in [-0.4, -0.2) is 17.4 Å². The highest BCUT2D eigenvalue weighted by Crippen LogP contribution is 2.27. The summed E-state index contributed by atoms with van der Waals surface area (Å²) >= 11 is 1.59. The maximum absolute atomic E-state index is 11.2. The molecule has 1 heterocycles. The third kappa shape index (κ3) is 2.61. The van der Waals surface area contributed by atoms with Gasteiger partial charge in [0.15, 0.2) is 5.13 Å². The molecule has 0 atom stereocenters. The average molecular weight is 263 g/mol. The number of nitrogens with zero attached hydrogens (tertiary/aromatic N) is 1. The van der Waals surface area contributed by atoms with E-state index in [1.807, 2.05) is 26.0 Å². The molecule has 4 nitrogen and oxygen atoms in total. The molecule has 0 saturated heterocycles. The topological polar surface area (TPSA) is 68.0 Å². The van der Waals surface area contributed by atoms with Crippen molar-refractivity contribution in [3.05, 3.63) is 23.8 Å². The molecule has 1 aromatic carbocycles. The lowest BCUT2D eigenvalue weighted by atomic mass is 9.93. The number of fused-ring (bicyclic) bond motifs is 1. The van der Waals surface area contributed by atoms with Crippen LogP contribution >= 0.6 is 11.3 Å². The number of benzene rings is 1. The summed E-state index contributed by atoms with van der Waals surface area (Å²) in [5.74, 6) is -0.313. The highest BCUT2D eigenvalue weighted by Gasteiger charge is 2.24. The van der Waals surface area contributed by atoms with E-state index < -0.39 is 5.41 Å². The van der Waals surface area contributed by atoms with Gasteiger partial charge in [0.25, 0.3) is 0 Å². The zero-order valence-electron chi connectivity index (χ0n) is 10.8. The first-order chi connectivity index (χ1) is 8.38. The third-order valence-corrected chi connectivity index (χ3v) is 3.87. The number of rotatable bonds is 4. The molecule has 1 amide bonds. The lowest BCUT2D eigenvalue weighted by Crippen LogP contribution is -2.37. The smallest absolute Gasteiger partial charge is 0.224 e. The summed E-state index contributed by atoms with van der Waals surface area (Å²) in [6.07, 6.45) is 0. The molecule has 2 aromatic rings. The number of amides is 1. The van der Waals surface area contributed by atoms with Crippen LogP contribution in [0.25, 0.3) is 10.2 Å². The van der Waals surface area contributed by atoms with E-state index in [2.05, 4.69) is 23.3 Å². The van der Waals surface area contributed by atoms with Gasteiger partial charge in [0.1, 0.15) is 0 Å². The molecule has 0 unspecified atom stereocenters. The van der Waals surface area contributed by atoms with Crippen molar-refractivity contribution in [2.24, 2.45) is 11.1 Å². The van der Waals surface area contributed by atoms with Gasteiger partial charge in [0, 0.05) is 6.54 Å². The van der Waals surface area contributed by atoms with Crippen LogP contribution in [0.1, 0.15) is 19.4 Å². The van der Waals surface area contributed by atoms with Gasteiger partial charge in [-0.25, -0.2) is 4.98 Å². The predicted molar refractivity (Wildman–Crippen MR) is 75.8 cm³/mol. The van der Waals surface area contributed by atoms with Crippen molar-refractivity contribution in [2.75, 3.05) is 11.9 Å². The molecule has 5 heteroatoms. The second kappa shape index (κ2) is 4.57. The Morgan fingerprint density at radius 1 is 1.50 bits per heavy atom. The number of hydrogen-bond donors (Lipinski definition) is 2. The Balaban J connectivity index is 2.15. The molecular weight excluding hydrogens is 246 g/mol. The molecular formula is C13H17N3OS. The number of nitrogens with two attached hydrogens (primary N) is 1. The van der Waals surface area contributed by atoms with Crippen LogP contribution in [0, 0.1) is 12.3 Å². The van der Waals surface area contributed by atoms with E-state index in [1.54, 1.807) is 11.3 Å². The maximum atomic E-state index is 11.2. The zero-order valence-corrected chi connectivity index (χ0v) is 11.6. The fourth-order valence-electron chi connectivity index (χ4n) is 1.49. The molecule has 96 valence electrons. The van der Waals surface area contributed by atoms with Gasteiger partial charge in [-0.15, -0.1) is 0 Å². The molecule has 0 aliphatic heterocycles. The minimum absolute atomic E-state index is 0.313. The lowest BCUT2D eigenvalue weighted by Gasteiger charge is -2.20. The minimum atomic E-state index is -0.576. The Kier molecular flexibility index (Phi) is 3.26. The van der Waals surface area contributed by atoms with Crippen molar-refractivity contribution in [1.82, 2.24) is 4.98 Å². The number of nitrogens with one attached hydrogen (secondary N) is 1. The Labute approximate surface area is 110 Å². The summed E-state index contributed by atoms with van der Waals surface area (Å²) in [4.78, 5) is 15.7. The van der Waals surface area contributed by atoms with E-state index in [1.165, 1.54) is 5.56 Å². The highest BCUT2D eigenvalue weighted by molar-refractivity contribution is 7.22. The van der Waals surface area contributed by atoms with E-state index >= 15 is 0 Å².